The molecule has 33 heavy (non-hydrogen) atoms. The molecule has 2 fully saturated rings. The number of rotatable bonds is 4. The van der Waals surface area contributed by atoms with E-state index in [1.165, 1.54) is 17.7 Å². The number of nitrogens with zero attached hydrogens (tertiary/aromatic N) is 4. The summed E-state index contributed by atoms with van der Waals surface area (Å²) in [4.78, 5) is 25.4. The smallest absolute Gasteiger partial charge is 0.243 e. The van der Waals surface area contributed by atoms with E-state index in [1.807, 2.05) is 26.1 Å². The number of likely N-dealkylation sites (N-methyl/N-ethyl adjacent to an activating group) is 1. The summed E-state index contributed by atoms with van der Waals surface area (Å²) >= 11 is 3.67. The summed E-state index contributed by atoms with van der Waals surface area (Å²) < 4.78 is 6.28. The third kappa shape index (κ3) is 3.52. The van der Waals surface area contributed by atoms with Gasteiger partial charge in [-0.25, -0.2) is 4.98 Å². The van der Waals surface area contributed by atoms with Gasteiger partial charge >= 0.3 is 0 Å². The number of imidazole rings is 1. The Kier molecular flexibility index (Phi) is 4.94. The molecule has 3 aliphatic rings. The van der Waals surface area contributed by atoms with Gasteiger partial charge in [-0.3, -0.25) is 14.8 Å². The molecule has 9 heteroatoms. The molecule has 2 aliphatic carbocycles. The van der Waals surface area contributed by atoms with E-state index in [-0.39, 0.29) is 11.9 Å². The normalized spacial score (nSPS) is 25.5. The van der Waals surface area contributed by atoms with Crippen LogP contribution >= 0.6 is 15.9 Å². The molecule has 3 aromatic rings. The molecule has 1 aliphatic heterocycles. The van der Waals surface area contributed by atoms with Crippen molar-refractivity contribution in [2.45, 2.75) is 39.2 Å². The van der Waals surface area contributed by atoms with Crippen LogP contribution in [0.4, 0.5) is 5.69 Å². The molecule has 3 heterocycles. The fourth-order valence-electron chi connectivity index (χ4n) is 5.56. The molecular formula is C24H29BrN6O2. The Morgan fingerprint density at radius 1 is 1.36 bits per heavy atom. The van der Waals surface area contributed by atoms with Gasteiger partial charge in [0.2, 0.25) is 5.91 Å². The van der Waals surface area contributed by atoms with Crippen LogP contribution < -0.4 is 4.90 Å². The average molecular weight is 513 g/mol. The first-order valence-electron chi connectivity index (χ1n) is 11.7. The Morgan fingerprint density at radius 2 is 2.15 bits per heavy atom. The van der Waals surface area contributed by atoms with Crippen LogP contribution in [0.25, 0.3) is 22.6 Å². The van der Waals surface area contributed by atoms with E-state index >= 15 is 0 Å². The molecule has 0 radical (unpaired) electrons. The van der Waals surface area contributed by atoms with Crippen molar-refractivity contribution in [1.29, 1.82) is 0 Å². The van der Waals surface area contributed by atoms with Gasteiger partial charge in [-0.2, -0.15) is 5.10 Å². The van der Waals surface area contributed by atoms with E-state index in [9.17, 15) is 4.79 Å². The molecule has 2 aromatic heterocycles. The van der Waals surface area contributed by atoms with E-state index in [0.29, 0.717) is 18.6 Å². The number of anilines is 1. The van der Waals surface area contributed by atoms with Gasteiger partial charge in [-0.05, 0) is 65.6 Å². The Balaban J connectivity index is 1.29. The molecule has 1 aromatic carbocycles. The highest BCUT2D eigenvalue weighted by molar-refractivity contribution is 9.10. The number of H-pyrrole nitrogens is 2. The maximum absolute atomic E-state index is 13.2. The molecule has 0 spiro atoms. The van der Waals surface area contributed by atoms with Gasteiger partial charge in [0.1, 0.15) is 5.69 Å². The molecule has 6 rings (SSSR count). The summed E-state index contributed by atoms with van der Waals surface area (Å²) in [5.74, 6) is 1.60. The molecule has 0 unspecified atom stereocenters. The lowest BCUT2D eigenvalue weighted by Crippen LogP contribution is -2.50. The van der Waals surface area contributed by atoms with Crippen LogP contribution in [-0.4, -0.2) is 70.4 Å². The van der Waals surface area contributed by atoms with Crippen LogP contribution in [0.2, 0.25) is 0 Å². The van der Waals surface area contributed by atoms with Gasteiger partial charge in [-0.15, -0.1) is 0 Å². The molecule has 2 N–H and O–H groups in total. The van der Waals surface area contributed by atoms with Crippen molar-refractivity contribution in [2.75, 3.05) is 38.3 Å². The van der Waals surface area contributed by atoms with Crippen molar-refractivity contribution >= 4 is 38.6 Å². The van der Waals surface area contributed by atoms with E-state index in [0.717, 1.165) is 64.6 Å². The second-order valence-electron chi connectivity index (χ2n) is 10.1. The van der Waals surface area contributed by atoms with E-state index in [2.05, 4.69) is 42.9 Å². The number of nitrogens with one attached hydrogen (secondary N) is 2. The van der Waals surface area contributed by atoms with Crippen molar-refractivity contribution in [2.24, 2.45) is 11.3 Å². The highest BCUT2D eigenvalue weighted by Crippen LogP contribution is 2.59. The number of hydrogen-bond acceptors (Lipinski definition) is 5. The Bertz CT molecular complexity index is 1250. The minimum absolute atomic E-state index is 0.0570. The number of carbonyl (C=O) groups is 1. The zero-order chi connectivity index (χ0) is 22.9. The van der Waals surface area contributed by atoms with Crippen LogP contribution in [0, 0.1) is 11.3 Å². The number of morpholine rings is 1. The topological polar surface area (TPSA) is 90.1 Å². The molecule has 0 bridgehead atoms. The Morgan fingerprint density at radius 3 is 2.94 bits per heavy atom. The predicted molar refractivity (Wildman–Crippen MR) is 130 cm³/mol. The molecule has 174 valence electrons. The number of aromatic amines is 2. The van der Waals surface area contributed by atoms with Crippen LogP contribution in [-0.2, 0) is 22.4 Å². The van der Waals surface area contributed by atoms with Gasteiger partial charge in [0.05, 0.1) is 36.0 Å². The van der Waals surface area contributed by atoms with E-state index < -0.39 is 0 Å². The lowest BCUT2D eigenvalue weighted by molar-refractivity contribution is -0.124. The lowest BCUT2D eigenvalue weighted by Gasteiger charge is -2.33. The van der Waals surface area contributed by atoms with Crippen molar-refractivity contribution in [3.63, 3.8) is 0 Å². The summed E-state index contributed by atoms with van der Waals surface area (Å²) in [5, 5.41) is 7.89. The van der Waals surface area contributed by atoms with Crippen LogP contribution in [0.1, 0.15) is 31.5 Å². The van der Waals surface area contributed by atoms with Crippen LogP contribution in [0.5, 0.6) is 0 Å². The highest BCUT2D eigenvalue weighted by atomic mass is 79.9. The Labute approximate surface area is 201 Å². The summed E-state index contributed by atoms with van der Waals surface area (Å²) in [7, 11) is 1.83. The third-order valence-corrected chi connectivity index (χ3v) is 8.57. The molecule has 1 saturated carbocycles. The monoisotopic (exact) mass is 512 g/mol. The molecule has 8 nitrogen and oxygen atoms in total. The van der Waals surface area contributed by atoms with Crippen molar-refractivity contribution < 1.29 is 9.53 Å². The second kappa shape index (κ2) is 7.65. The molecule has 1 saturated heterocycles. The molecular weight excluding hydrogens is 484 g/mol. The number of fused-ring (bicyclic) bond motifs is 3. The van der Waals surface area contributed by atoms with Crippen LogP contribution in [0.15, 0.2) is 16.6 Å². The van der Waals surface area contributed by atoms with Crippen molar-refractivity contribution in [1.82, 2.24) is 25.1 Å². The maximum Gasteiger partial charge on any atom is 0.243 e. The second-order valence-corrected chi connectivity index (χ2v) is 10.9. The first-order chi connectivity index (χ1) is 15.8. The number of halogens is 1. The Hall–Kier alpha value is -2.23. The average Bonchev–Trinajstić information content (AvgIpc) is 3.10. The van der Waals surface area contributed by atoms with Gasteiger partial charge in [-0.1, -0.05) is 6.92 Å². The molecule has 1 amide bonds. The number of ether oxygens (including phenoxy) is 1. The van der Waals surface area contributed by atoms with Gasteiger partial charge in [0.15, 0.2) is 5.82 Å². The fraction of sp³-hybridized carbons (Fsp3) is 0.542. The van der Waals surface area contributed by atoms with Crippen molar-refractivity contribution in [3.8, 4) is 11.5 Å². The minimum atomic E-state index is -0.208. The third-order valence-electron chi connectivity index (χ3n) is 7.94. The number of amides is 1. The zero-order valence-corrected chi connectivity index (χ0v) is 20.8. The lowest BCUT2D eigenvalue weighted by atomic mass is 9.88. The maximum atomic E-state index is 13.2. The van der Waals surface area contributed by atoms with Crippen LogP contribution in [0.3, 0.4) is 0 Å². The first kappa shape index (κ1) is 21.3. The van der Waals surface area contributed by atoms with E-state index in [1.54, 1.807) is 4.90 Å². The quantitative estimate of drug-likeness (QED) is 0.558. The van der Waals surface area contributed by atoms with Crippen molar-refractivity contribution in [3.05, 3.63) is 27.9 Å². The van der Waals surface area contributed by atoms with E-state index in [4.69, 9.17) is 9.72 Å². The number of benzene rings is 1. The number of hydrogen-bond donors (Lipinski definition) is 2. The predicted octanol–water partition coefficient (Wildman–Crippen LogP) is 3.52. The fourth-order valence-corrected chi connectivity index (χ4v) is 6.17. The van der Waals surface area contributed by atoms with Gasteiger partial charge in [0.25, 0.3) is 0 Å². The number of aromatic nitrogens is 4. The zero-order valence-electron chi connectivity index (χ0n) is 19.2. The minimum Gasteiger partial charge on any atom is -0.379 e. The standard InChI is InChI=1S/C24H29BrN6O2/c1-13(31-4-6-33-7-5-31)23(32)30(3)20-10-18-17(9-16(20)25)26-22(27-18)21-15-8-14-11-24(14,2)12-19(15)28-29-21/h9-10,13-14H,4-8,11-12H2,1-3H3,(H,26,27)(H,28,29)/t13-,14+,24+/m0/s1. The summed E-state index contributed by atoms with van der Waals surface area (Å²) in [6.45, 7) is 7.23. The summed E-state index contributed by atoms with van der Waals surface area (Å²) in [5.41, 5.74) is 6.50. The number of carbonyl (C=O) groups excluding carboxylic acids is 1. The first-order valence-corrected chi connectivity index (χ1v) is 12.5. The van der Waals surface area contributed by atoms with Gasteiger partial charge < -0.3 is 14.6 Å². The van der Waals surface area contributed by atoms with Gasteiger partial charge in [0, 0.05) is 35.9 Å². The summed E-state index contributed by atoms with van der Waals surface area (Å²) in [6.07, 6.45) is 3.44. The highest BCUT2D eigenvalue weighted by Gasteiger charge is 2.53. The SMILES string of the molecule is C[C@@H](C(=O)N(C)c1cc2nc(-c3n[nH]c4c3C[C@@H]3C[C@]3(C)C4)[nH]c2cc1Br)N1CCOCC1. The molecule has 3 atom stereocenters. The largest absolute Gasteiger partial charge is 0.379 e. The summed E-state index contributed by atoms with van der Waals surface area (Å²) in [6, 6.07) is 3.77.